The first-order valence-corrected chi connectivity index (χ1v) is 8.17. The van der Waals surface area contributed by atoms with Crippen LogP contribution in [0.3, 0.4) is 0 Å². The average Bonchev–Trinajstić information content (AvgIpc) is 3.17. The van der Waals surface area contributed by atoms with Crippen LogP contribution in [0.2, 0.25) is 0 Å². The molecule has 27 heavy (non-hydrogen) atoms. The van der Waals surface area contributed by atoms with Crippen molar-refractivity contribution in [1.82, 2.24) is 19.6 Å². The minimum absolute atomic E-state index is 0.223. The zero-order valence-corrected chi connectivity index (χ0v) is 14.4. The van der Waals surface area contributed by atoms with Gasteiger partial charge in [-0.25, -0.2) is 9.37 Å². The molecular formula is C19H15F2N5O. The molecule has 0 aliphatic heterocycles. The number of methoxy groups -OCH3 is 1. The molecule has 0 bridgehead atoms. The molecule has 1 aromatic carbocycles. The molecule has 8 heteroatoms. The van der Waals surface area contributed by atoms with Gasteiger partial charge in [-0.05, 0) is 36.4 Å². The third-order valence-electron chi connectivity index (χ3n) is 4.24. The molecule has 0 fully saturated rings. The predicted octanol–water partition coefficient (Wildman–Crippen LogP) is 3.69. The van der Waals surface area contributed by atoms with Crippen LogP contribution in [0.25, 0.3) is 16.8 Å². The second kappa shape index (κ2) is 6.99. The van der Waals surface area contributed by atoms with E-state index in [2.05, 4.69) is 20.5 Å². The van der Waals surface area contributed by atoms with Gasteiger partial charge < -0.3 is 10.1 Å². The Balaban J connectivity index is 1.68. The van der Waals surface area contributed by atoms with Crippen LogP contribution in [0.15, 0.2) is 55.0 Å². The van der Waals surface area contributed by atoms with Crippen molar-refractivity contribution in [2.45, 2.75) is 6.54 Å². The fourth-order valence-electron chi connectivity index (χ4n) is 2.90. The van der Waals surface area contributed by atoms with Gasteiger partial charge in [0.15, 0.2) is 5.65 Å². The third kappa shape index (κ3) is 3.17. The fraction of sp³-hybridized carbons (Fsp3) is 0.105. The number of anilines is 1. The van der Waals surface area contributed by atoms with E-state index in [9.17, 15) is 8.78 Å². The first kappa shape index (κ1) is 16.9. The molecule has 0 spiro atoms. The molecular weight excluding hydrogens is 352 g/mol. The number of benzene rings is 1. The summed E-state index contributed by atoms with van der Waals surface area (Å²) in [5.74, 6) is 0.250. The molecule has 0 atom stereocenters. The highest BCUT2D eigenvalue weighted by Crippen LogP contribution is 2.27. The SMILES string of the molecule is COc1cccc(F)c1CNc1ccc(-c2ccc(F)nc2)c2nncn12. The maximum Gasteiger partial charge on any atom is 0.212 e. The van der Waals surface area contributed by atoms with Crippen LogP contribution in [-0.4, -0.2) is 26.7 Å². The van der Waals surface area contributed by atoms with Crippen molar-refractivity contribution in [3.63, 3.8) is 0 Å². The summed E-state index contributed by atoms with van der Waals surface area (Å²) < 4.78 is 34.2. The van der Waals surface area contributed by atoms with E-state index in [1.165, 1.54) is 25.4 Å². The second-order valence-electron chi connectivity index (χ2n) is 5.80. The zero-order chi connectivity index (χ0) is 18.8. The highest BCUT2D eigenvalue weighted by molar-refractivity contribution is 5.78. The van der Waals surface area contributed by atoms with Crippen molar-refractivity contribution in [2.75, 3.05) is 12.4 Å². The minimum atomic E-state index is -0.548. The predicted molar refractivity (Wildman–Crippen MR) is 96.5 cm³/mol. The van der Waals surface area contributed by atoms with Gasteiger partial charge in [0.25, 0.3) is 0 Å². The van der Waals surface area contributed by atoms with Crippen molar-refractivity contribution in [2.24, 2.45) is 0 Å². The van der Waals surface area contributed by atoms with Crippen LogP contribution < -0.4 is 10.1 Å². The third-order valence-corrected chi connectivity index (χ3v) is 4.24. The van der Waals surface area contributed by atoms with Crippen LogP contribution in [0, 0.1) is 11.8 Å². The number of ether oxygens (including phenoxy) is 1. The van der Waals surface area contributed by atoms with Crippen LogP contribution in [-0.2, 0) is 6.54 Å². The lowest BCUT2D eigenvalue weighted by Crippen LogP contribution is -2.07. The van der Waals surface area contributed by atoms with E-state index < -0.39 is 5.95 Å². The molecule has 0 aliphatic carbocycles. The number of fused-ring (bicyclic) bond motifs is 1. The summed E-state index contributed by atoms with van der Waals surface area (Å²) >= 11 is 0. The molecule has 0 unspecified atom stereocenters. The number of pyridine rings is 2. The summed E-state index contributed by atoms with van der Waals surface area (Å²) in [7, 11) is 1.50. The van der Waals surface area contributed by atoms with Crippen molar-refractivity contribution < 1.29 is 13.5 Å². The maximum absolute atomic E-state index is 14.1. The molecule has 0 amide bonds. The summed E-state index contributed by atoms with van der Waals surface area (Å²) in [6, 6.07) is 11.3. The molecule has 0 saturated carbocycles. The van der Waals surface area contributed by atoms with Gasteiger partial charge in [-0.3, -0.25) is 4.40 Å². The lowest BCUT2D eigenvalue weighted by atomic mass is 10.1. The van der Waals surface area contributed by atoms with Gasteiger partial charge in [0.05, 0.1) is 7.11 Å². The smallest absolute Gasteiger partial charge is 0.212 e. The lowest BCUT2D eigenvalue weighted by molar-refractivity contribution is 0.405. The second-order valence-corrected chi connectivity index (χ2v) is 5.80. The van der Waals surface area contributed by atoms with E-state index >= 15 is 0 Å². The number of hydrogen-bond acceptors (Lipinski definition) is 5. The summed E-state index contributed by atoms with van der Waals surface area (Å²) in [6.45, 7) is 0.223. The monoisotopic (exact) mass is 367 g/mol. The Bertz CT molecular complexity index is 1100. The molecule has 1 N–H and O–H groups in total. The highest BCUT2D eigenvalue weighted by atomic mass is 19.1. The van der Waals surface area contributed by atoms with Gasteiger partial charge in [0.1, 0.15) is 23.7 Å². The van der Waals surface area contributed by atoms with Crippen LogP contribution in [0.4, 0.5) is 14.6 Å². The molecule has 0 radical (unpaired) electrons. The van der Waals surface area contributed by atoms with Crippen molar-refractivity contribution in [3.8, 4) is 16.9 Å². The fourth-order valence-corrected chi connectivity index (χ4v) is 2.90. The van der Waals surface area contributed by atoms with E-state index in [0.29, 0.717) is 22.8 Å². The van der Waals surface area contributed by atoms with Crippen LogP contribution in [0.1, 0.15) is 5.56 Å². The first-order chi connectivity index (χ1) is 13.2. The Morgan fingerprint density at radius 1 is 1.11 bits per heavy atom. The number of aromatic nitrogens is 4. The molecule has 4 aromatic rings. The van der Waals surface area contributed by atoms with Crippen molar-refractivity contribution in [1.29, 1.82) is 0 Å². The Hall–Kier alpha value is -3.55. The zero-order valence-electron chi connectivity index (χ0n) is 14.4. The number of nitrogens with one attached hydrogen (secondary N) is 1. The van der Waals surface area contributed by atoms with E-state index in [1.54, 1.807) is 28.9 Å². The molecule has 136 valence electrons. The van der Waals surface area contributed by atoms with E-state index in [-0.39, 0.29) is 12.4 Å². The van der Waals surface area contributed by atoms with Gasteiger partial charge in [-0.15, -0.1) is 10.2 Å². The van der Waals surface area contributed by atoms with Gasteiger partial charge in [-0.1, -0.05) is 6.07 Å². The largest absolute Gasteiger partial charge is 0.496 e. The molecule has 0 saturated heterocycles. The van der Waals surface area contributed by atoms with Crippen molar-refractivity contribution in [3.05, 3.63) is 72.3 Å². The highest BCUT2D eigenvalue weighted by Gasteiger charge is 2.13. The van der Waals surface area contributed by atoms with E-state index in [1.807, 2.05) is 12.1 Å². The number of halogens is 2. The quantitative estimate of drug-likeness (QED) is 0.545. The molecule has 0 aliphatic rings. The van der Waals surface area contributed by atoms with Gasteiger partial charge in [0.2, 0.25) is 5.95 Å². The minimum Gasteiger partial charge on any atom is -0.496 e. The Kier molecular flexibility index (Phi) is 4.37. The summed E-state index contributed by atoms with van der Waals surface area (Å²) in [4.78, 5) is 3.68. The number of nitrogens with zero attached hydrogens (tertiary/aromatic N) is 4. The number of rotatable bonds is 5. The Morgan fingerprint density at radius 3 is 2.78 bits per heavy atom. The van der Waals surface area contributed by atoms with Gasteiger partial charge >= 0.3 is 0 Å². The summed E-state index contributed by atoms with van der Waals surface area (Å²) in [6.07, 6.45) is 2.99. The van der Waals surface area contributed by atoms with Gasteiger partial charge in [-0.2, -0.15) is 4.39 Å². The van der Waals surface area contributed by atoms with E-state index in [4.69, 9.17) is 4.74 Å². The lowest BCUT2D eigenvalue weighted by Gasteiger charge is -2.13. The van der Waals surface area contributed by atoms with Crippen molar-refractivity contribution >= 4 is 11.5 Å². The molecule has 3 aromatic heterocycles. The Labute approximate surface area is 153 Å². The average molecular weight is 367 g/mol. The van der Waals surface area contributed by atoms with Crippen LogP contribution in [0.5, 0.6) is 5.75 Å². The normalized spacial score (nSPS) is 10.9. The first-order valence-electron chi connectivity index (χ1n) is 8.17. The standard InChI is InChI=1S/C19H15F2N5O/c1-27-16-4-2-3-15(20)14(16)10-23-18-8-6-13(19-25-24-11-26(18)19)12-5-7-17(21)22-9-12/h2-9,11,23H,10H2,1H3. The molecule has 6 nitrogen and oxygen atoms in total. The van der Waals surface area contributed by atoms with E-state index in [0.717, 1.165) is 11.1 Å². The summed E-state index contributed by atoms with van der Waals surface area (Å²) in [5, 5.41) is 11.3. The Morgan fingerprint density at radius 2 is 2.00 bits per heavy atom. The van der Waals surface area contributed by atoms with Crippen LogP contribution >= 0.6 is 0 Å². The maximum atomic E-state index is 14.1. The number of hydrogen-bond donors (Lipinski definition) is 1. The summed E-state index contributed by atoms with van der Waals surface area (Å²) in [5.41, 5.74) is 2.48. The van der Waals surface area contributed by atoms with Gasteiger partial charge in [0, 0.05) is 29.4 Å². The topological polar surface area (TPSA) is 64.3 Å². The molecule has 3 heterocycles. The molecule has 4 rings (SSSR count).